The molecule has 1 heterocycles. The first-order valence-electron chi connectivity index (χ1n) is 6.98. The second kappa shape index (κ2) is 6.14. The van der Waals surface area contributed by atoms with E-state index in [9.17, 15) is 4.79 Å². The van der Waals surface area contributed by atoms with Crippen LogP contribution in [0.15, 0.2) is 18.2 Å². The van der Waals surface area contributed by atoms with E-state index in [4.69, 9.17) is 0 Å². The van der Waals surface area contributed by atoms with E-state index in [1.54, 1.807) is 0 Å². The molecule has 2 nitrogen and oxygen atoms in total. The summed E-state index contributed by atoms with van der Waals surface area (Å²) in [6.07, 6.45) is 4.24. The lowest BCUT2D eigenvalue weighted by molar-refractivity contribution is 0.0970. The molecule has 1 N–H and O–H groups in total. The summed E-state index contributed by atoms with van der Waals surface area (Å²) in [5, 5.41) is 3.41. The molecule has 98 valence electrons. The van der Waals surface area contributed by atoms with Crippen molar-refractivity contribution in [3.8, 4) is 0 Å². The third-order valence-corrected chi connectivity index (χ3v) is 4.08. The Morgan fingerprint density at radius 1 is 1.39 bits per heavy atom. The Hall–Kier alpha value is -1.15. The fourth-order valence-electron chi connectivity index (χ4n) is 2.69. The van der Waals surface area contributed by atoms with Gasteiger partial charge in [0.1, 0.15) is 0 Å². The molecule has 1 aromatic rings. The number of aryl methyl sites for hydroxylation is 1. The first-order valence-corrected chi connectivity index (χ1v) is 6.98. The Morgan fingerprint density at radius 2 is 2.22 bits per heavy atom. The highest BCUT2D eigenvalue weighted by molar-refractivity contribution is 5.97. The number of Topliss-reactive ketones (excluding diaryl/α,β-unsaturated/α-hetero) is 1. The number of hydrogen-bond acceptors (Lipinski definition) is 2. The van der Waals surface area contributed by atoms with Gasteiger partial charge in [0.15, 0.2) is 5.78 Å². The van der Waals surface area contributed by atoms with E-state index in [-0.39, 0.29) is 0 Å². The quantitative estimate of drug-likeness (QED) is 0.825. The Bertz CT molecular complexity index is 419. The van der Waals surface area contributed by atoms with Crippen molar-refractivity contribution in [2.75, 3.05) is 13.1 Å². The van der Waals surface area contributed by atoms with E-state index in [1.807, 2.05) is 19.1 Å². The molecule has 0 amide bonds. The van der Waals surface area contributed by atoms with Crippen LogP contribution in [0.5, 0.6) is 0 Å². The maximum absolute atomic E-state index is 12.2. The third-order valence-electron chi connectivity index (χ3n) is 4.08. The van der Waals surface area contributed by atoms with Gasteiger partial charge >= 0.3 is 0 Å². The van der Waals surface area contributed by atoms with Crippen molar-refractivity contribution in [3.05, 3.63) is 34.9 Å². The molecular formula is C16H23NO. The van der Waals surface area contributed by atoms with E-state index in [0.717, 1.165) is 30.6 Å². The highest BCUT2D eigenvalue weighted by Crippen LogP contribution is 2.20. The Balaban J connectivity index is 1.93. The topological polar surface area (TPSA) is 29.1 Å². The highest BCUT2D eigenvalue weighted by Gasteiger charge is 2.16. The molecule has 1 saturated heterocycles. The molecule has 0 aliphatic carbocycles. The summed E-state index contributed by atoms with van der Waals surface area (Å²) in [4.78, 5) is 12.2. The predicted molar refractivity (Wildman–Crippen MR) is 75.1 cm³/mol. The van der Waals surface area contributed by atoms with E-state index in [0.29, 0.717) is 18.1 Å². The van der Waals surface area contributed by atoms with Gasteiger partial charge in [-0.1, -0.05) is 18.2 Å². The normalized spacial score (nSPS) is 19.8. The van der Waals surface area contributed by atoms with Gasteiger partial charge in [-0.15, -0.1) is 0 Å². The van der Waals surface area contributed by atoms with Gasteiger partial charge in [0.25, 0.3) is 0 Å². The van der Waals surface area contributed by atoms with Crippen LogP contribution in [0, 0.1) is 19.8 Å². The van der Waals surface area contributed by atoms with Crippen molar-refractivity contribution >= 4 is 5.78 Å². The van der Waals surface area contributed by atoms with E-state index >= 15 is 0 Å². The molecule has 0 bridgehead atoms. The van der Waals surface area contributed by atoms with Crippen LogP contribution < -0.4 is 5.32 Å². The van der Waals surface area contributed by atoms with Crippen molar-refractivity contribution < 1.29 is 4.79 Å². The fraction of sp³-hybridized carbons (Fsp3) is 0.562. The van der Waals surface area contributed by atoms with Gasteiger partial charge in [-0.25, -0.2) is 0 Å². The molecule has 1 aromatic carbocycles. The van der Waals surface area contributed by atoms with Gasteiger partial charge in [-0.05, 0) is 63.2 Å². The third kappa shape index (κ3) is 3.20. The zero-order valence-corrected chi connectivity index (χ0v) is 11.5. The molecule has 0 spiro atoms. The van der Waals surface area contributed by atoms with Crippen LogP contribution in [-0.2, 0) is 0 Å². The molecule has 18 heavy (non-hydrogen) atoms. The van der Waals surface area contributed by atoms with Crippen LogP contribution in [0.25, 0.3) is 0 Å². The van der Waals surface area contributed by atoms with E-state index < -0.39 is 0 Å². The highest BCUT2D eigenvalue weighted by atomic mass is 16.1. The van der Waals surface area contributed by atoms with Gasteiger partial charge in [-0.2, -0.15) is 0 Å². The zero-order valence-electron chi connectivity index (χ0n) is 11.5. The number of carbonyl (C=O) groups is 1. The minimum Gasteiger partial charge on any atom is -0.316 e. The van der Waals surface area contributed by atoms with Gasteiger partial charge in [0.05, 0.1) is 0 Å². The molecule has 1 unspecified atom stereocenters. The molecule has 1 aliphatic heterocycles. The maximum atomic E-state index is 12.2. The number of ketones is 1. The van der Waals surface area contributed by atoms with E-state index in [1.165, 1.54) is 18.4 Å². The summed E-state index contributed by atoms with van der Waals surface area (Å²) in [5.41, 5.74) is 3.27. The van der Waals surface area contributed by atoms with Crippen LogP contribution in [0.2, 0.25) is 0 Å². The standard InChI is InChI=1S/C16H23NO/c1-12-5-3-7-15(13(12)2)16(18)9-8-14-6-4-10-17-11-14/h3,5,7,14,17H,4,6,8-11H2,1-2H3. The average molecular weight is 245 g/mol. The van der Waals surface area contributed by atoms with Crippen molar-refractivity contribution in [3.63, 3.8) is 0 Å². The van der Waals surface area contributed by atoms with Gasteiger partial charge < -0.3 is 5.32 Å². The van der Waals surface area contributed by atoms with Gasteiger partial charge in [-0.3, -0.25) is 4.79 Å². The van der Waals surface area contributed by atoms with Crippen LogP contribution in [0.3, 0.4) is 0 Å². The van der Waals surface area contributed by atoms with Crippen LogP contribution in [-0.4, -0.2) is 18.9 Å². The van der Waals surface area contributed by atoms with Crippen LogP contribution >= 0.6 is 0 Å². The van der Waals surface area contributed by atoms with Gasteiger partial charge in [0.2, 0.25) is 0 Å². The predicted octanol–water partition coefficient (Wildman–Crippen LogP) is 3.27. The lowest BCUT2D eigenvalue weighted by Crippen LogP contribution is -2.30. The summed E-state index contributed by atoms with van der Waals surface area (Å²) in [5.74, 6) is 0.995. The molecule has 0 aromatic heterocycles. The lowest BCUT2D eigenvalue weighted by atomic mass is 9.91. The molecule has 2 heteroatoms. The minimum absolute atomic E-state index is 0.307. The summed E-state index contributed by atoms with van der Waals surface area (Å²) < 4.78 is 0. The fourth-order valence-corrected chi connectivity index (χ4v) is 2.69. The lowest BCUT2D eigenvalue weighted by Gasteiger charge is -2.22. The number of nitrogens with one attached hydrogen (secondary N) is 1. The molecule has 2 rings (SSSR count). The summed E-state index contributed by atoms with van der Waals surface area (Å²) >= 11 is 0. The zero-order chi connectivity index (χ0) is 13.0. The largest absolute Gasteiger partial charge is 0.316 e. The number of carbonyl (C=O) groups excluding carboxylic acids is 1. The van der Waals surface area contributed by atoms with Gasteiger partial charge in [0, 0.05) is 12.0 Å². The second-order valence-electron chi connectivity index (χ2n) is 5.42. The summed E-state index contributed by atoms with van der Waals surface area (Å²) in [6, 6.07) is 6.01. The number of benzene rings is 1. The maximum Gasteiger partial charge on any atom is 0.163 e. The Kier molecular flexibility index (Phi) is 4.54. The monoisotopic (exact) mass is 245 g/mol. The SMILES string of the molecule is Cc1cccc(C(=O)CCC2CCCNC2)c1C. The summed E-state index contributed by atoms with van der Waals surface area (Å²) in [6.45, 7) is 6.34. The second-order valence-corrected chi connectivity index (χ2v) is 5.42. The van der Waals surface area contributed by atoms with Crippen LogP contribution in [0.1, 0.15) is 47.2 Å². The van der Waals surface area contributed by atoms with Crippen molar-refractivity contribution in [1.29, 1.82) is 0 Å². The molecule has 1 aliphatic rings. The number of rotatable bonds is 4. The Morgan fingerprint density at radius 3 is 2.94 bits per heavy atom. The first-order chi connectivity index (χ1) is 8.68. The molecule has 0 saturated carbocycles. The van der Waals surface area contributed by atoms with Crippen molar-refractivity contribution in [2.45, 2.75) is 39.5 Å². The molecular weight excluding hydrogens is 222 g/mol. The minimum atomic E-state index is 0.307. The van der Waals surface area contributed by atoms with Crippen molar-refractivity contribution in [2.24, 2.45) is 5.92 Å². The Labute approximate surface area is 110 Å². The smallest absolute Gasteiger partial charge is 0.163 e. The van der Waals surface area contributed by atoms with Crippen LogP contribution in [0.4, 0.5) is 0 Å². The molecule has 1 fully saturated rings. The molecule has 1 atom stereocenters. The first kappa shape index (κ1) is 13.3. The molecule has 0 radical (unpaired) electrons. The van der Waals surface area contributed by atoms with Crippen molar-refractivity contribution in [1.82, 2.24) is 5.32 Å². The average Bonchev–Trinajstić information content (AvgIpc) is 2.40. The number of piperidine rings is 1. The van der Waals surface area contributed by atoms with E-state index in [2.05, 4.69) is 18.3 Å². The number of hydrogen-bond donors (Lipinski definition) is 1. The summed E-state index contributed by atoms with van der Waals surface area (Å²) in [7, 11) is 0.